The van der Waals surface area contributed by atoms with Gasteiger partial charge in [-0.05, 0) is 45.5 Å². The largest absolute Gasteiger partial charge is 4.00 e. The van der Waals surface area contributed by atoms with Gasteiger partial charge >= 0.3 is 43.4 Å². The Hall–Kier alpha value is -3.51. The smallest absolute Gasteiger partial charge is 0.358 e. The molecule has 0 aliphatic rings. The summed E-state index contributed by atoms with van der Waals surface area (Å²) in [5.74, 6) is 0. The van der Waals surface area contributed by atoms with E-state index in [0.717, 1.165) is 12.8 Å². The molecule has 0 nitrogen and oxygen atoms in total. The fourth-order valence-corrected chi connectivity index (χ4v) is 6.39. The summed E-state index contributed by atoms with van der Waals surface area (Å²) < 4.78 is 0. The van der Waals surface area contributed by atoms with Crippen LogP contribution in [0.25, 0.3) is 65.3 Å². The monoisotopic (exact) mass is 737 g/mol. The first-order valence-electron chi connectivity index (χ1n) is 16.2. The molecule has 0 heterocycles. The van der Waals surface area contributed by atoms with E-state index >= 15 is 0 Å². The van der Waals surface area contributed by atoms with Gasteiger partial charge in [0.2, 0.25) is 0 Å². The molecule has 0 amide bonds. The van der Waals surface area contributed by atoms with Crippen LogP contribution in [0.3, 0.4) is 0 Å². The Kier molecular flexibility index (Phi) is 20.9. The van der Waals surface area contributed by atoms with Crippen LogP contribution in [0.15, 0.2) is 146 Å². The first kappa shape index (κ1) is 47.5. The van der Waals surface area contributed by atoms with E-state index in [9.17, 15) is 0 Å². The van der Waals surface area contributed by atoms with E-state index in [1.165, 1.54) is 76.5 Å². The molecule has 0 N–H and O–H groups in total. The molecule has 1 radical (unpaired) electrons. The van der Waals surface area contributed by atoms with Crippen molar-refractivity contribution < 1.29 is 43.4 Å². The maximum absolute atomic E-state index is 2.34. The predicted molar refractivity (Wildman–Crippen MR) is 225 cm³/mol. The second kappa shape index (κ2) is 22.4. The number of aryl methyl sites for hydroxylation is 2. The van der Waals surface area contributed by atoms with Crippen molar-refractivity contribution in [2.45, 2.75) is 40.5 Å². The number of fused-ring (bicyclic) bond motifs is 4. The maximum Gasteiger partial charge on any atom is 4.00 e. The fourth-order valence-electron chi connectivity index (χ4n) is 6.39. The van der Waals surface area contributed by atoms with E-state index < -0.39 is 0 Å². The van der Waals surface area contributed by atoms with Crippen LogP contribution in [0.5, 0.6) is 0 Å². The van der Waals surface area contributed by atoms with Gasteiger partial charge in [-0.2, -0.15) is 26.0 Å². The van der Waals surface area contributed by atoms with Crippen molar-refractivity contribution in [2.24, 2.45) is 0 Å². The van der Waals surface area contributed by atoms with Crippen LogP contribution in [0.2, 0.25) is 0 Å². The van der Waals surface area contributed by atoms with Crippen molar-refractivity contribution in [2.75, 3.05) is 0 Å². The minimum atomic E-state index is 0. The molecule has 0 saturated carbocycles. The van der Waals surface area contributed by atoms with Crippen molar-refractivity contribution in [1.82, 2.24) is 0 Å². The molecular formula is C49H53Ti2. The quantitative estimate of drug-likeness (QED) is 0.125. The number of rotatable bonds is 4. The molecule has 51 heavy (non-hydrogen) atoms. The molecule has 0 aliphatic heterocycles. The summed E-state index contributed by atoms with van der Waals surface area (Å²) in [6.45, 7) is 8.43. The molecular weight excluding hydrogens is 684 g/mol. The zero-order valence-electron chi connectivity index (χ0n) is 31.8. The van der Waals surface area contributed by atoms with Crippen LogP contribution < -0.4 is 0 Å². The number of hydrogen-bond donors (Lipinski definition) is 0. The average Bonchev–Trinajstić information content (AvgIpc) is 3.73. The van der Waals surface area contributed by atoms with Gasteiger partial charge in [0.15, 0.2) is 0 Å². The zero-order chi connectivity index (χ0) is 31.2. The third kappa shape index (κ3) is 10.3. The van der Waals surface area contributed by atoms with E-state index in [4.69, 9.17) is 0 Å². The third-order valence-electron chi connectivity index (χ3n) is 8.60. The topological polar surface area (TPSA) is 0 Å². The van der Waals surface area contributed by atoms with Crippen molar-refractivity contribution in [3.63, 3.8) is 0 Å². The second-order valence-corrected chi connectivity index (χ2v) is 11.7. The van der Waals surface area contributed by atoms with Gasteiger partial charge in [-0.1, -0.05) is 122 Å². The second-order valence-electron chi connectivity index (χ2n) is 11.7. The summed E-state index contributed by atoms with van der Waals surface area (Å²) in [6.07, 6.45) is 4.17. The van der Waals surface area contributed by atoms with Gasteiger partial charge in [-0.25, -0.2) is 0 Å². The van der Waals surface area contributed by atoms with Crippen LogP contribution in [0.4, 0.5) is 0 Å². The summed E-state index contributed by atoms with van der Waals surface area (Å²) in [6, 6.07) is 52.9. The Morgan fingerprint density at radius 3 is 1.08 bits per heavy atom. The molecule has 257 valence electrons. The minimum absolute atomic E-state index is 0. The fraction of sp³-hybridized carbons (Fsp3) is 0.122. The number of hydrogen-bond acceptors (Lipinski definition) is 0. The van der Waals surface area contributed by atoms with Crippen LogP contribution in [-0.4, -0.2) is 0 Å². The Balaban J connectivity index is 0.000000821. The summed E-state index contributed by atoms with van der Waals surface area (Å²) >= 11 is 0. The van der Waals surface area contributed by atoms with Crippen molar-refractivity contribution >= 4 is 43.1 Å². The van der Waals surface area contributed by atoms with Gasteiger partial charge in [-0.15, -0.1) is 69.1 Å². The molecule has 0 bridgehead atoms. The van der Waals surface area contributed by atoms with E-state index in [0.29, 0.717) is 0 Å². The van der Waals surface area contributed by atoms with Gasteiger partial charge in [-0.3, -0.25) is 0 Å². The van der Waals surface area contributed by atoms with Gasteiger partial charge in [0, 0.05) is 0 Å². The molecule has 8 rings (SSSR count). The molecule has 0 unspecified atom stereocenters. The molecule has 2 heteroatoms. The van der Waals surface area contributed by atoms with Gasteiger partial charge < -0.3 is 36.1 Å². The van der Waals surface area contributed by atoms with Crippen LogP contribution >= 0.6 is 0 Å². The van der Waals surface area contributed by atoms with E-state index in [1.807, 2.05) is 20.3 Å². The van der Waals surface area contributed by atoms with Gasteiger partial charge in [0.05, 0.1) is 0 Å². The zero-order valence-corrected chi connectivity index (χ0v) is 35.0. The summed E-state index contributed by atoms with van der Waals surface area (Å²) in [5, 5.41) is 10.7. The van der Waals surface area contributed by atoms with E-state index in [-0.39, 0.29) is 73.1 Å². The normalized spacial score (nSPS) is 9.65. The third-order valence-corrected chi connectivity index (χ3v) is 8.60. The Labute approximate surface area is 339 Å². The molecule has 8 aromatic rings. The van der Waals surface area contributed by atoms with Crippen LogP contribution in [0, 0.1) is 36.1 Å². The van der Waals surface area contributed by atoms with Crippen molar-refractivity contribution in [1.29, 1.82) is 0 Å². The summed E-state index contributed by atoms with van der Waals surface area (Å²) in [7, 11) is 0. The van der Waals surface area contributed by atoms with Crippen LogP contribution in [0.1, 0.15) is 38.8 Å². The summed E-state index contributed by atoms with van der Waals surface area (Å²) in [5.41, 5.74) is 8.15. The van der Waals surface area contributed by atoms with Gasteiger partial charge in [0.1, 0.15) is 0 Å². The molecule has 0 aromatic heterocycles. The molecule has 8 aromatic carbocycles. The Bertz CT molecular complexity index is 2030. The molecule has 0 saturated heterocycles. The Morgan fingerprint density at radius 1 is 0.431 bits per heavy atom. The standard InChI is InChI=1S/2C21H17.C3H7.4CH3.2Ti/c2*1-2-15-13-17-9-6-12-20(21(17)14-15)19-11-5-8-16-7-3-4-10-18(16)19;1-3-2;;;;;;/h2*3-14H,2H2,1H3;3H,1-2H3;4*1H3;;/q7*-1;+3;+4. The van der Waals surface area contributed by atoms with Crippen LogP contribution in [-0.2, 0) is 56.3 Å². The maximum atomic E-state index is 2.34. The molecule has 0 spiro atoms. The predicted octanol–water partition coefficient (Wildman–Crippen LogP) is 14.9. The first-order valence-corrected chi connectivity index (χ1v) is 16.2. The van der Waals surface area contributed by atoms with E-state index in [1.54, 1.807) is 0 Å². The summed E-state index contributed by atoms with van der Waals surface area (Å²) in [4.78, 5) is 0. The Morgan fingerprint density at radius 2 is 0.725 bits per heavy atom. The van der Waals surface area contributed by atoms with E-state index in [2.05, 4.69) is 159 Å². The average molecular weight is 738 g/mol. The number of benzene rings is 6. The minimum Gasteiger partial charge on any atom is -0.358 e. The SMILES string of the molecule is CCc1cc2c(-c3cccc4ccccc34)cccc2[cH-]1.CCc1cc2c(-c3cccc4ccccc34)cccc2[cH-]1.C[CH-]C.[CH3-].[CH3-].[CH3-].[CH3-].[Ti+3].[Ti+4]. The van der Waals surface area contributed by atoms with Crippen molar-refractivity contribution in [3.8, 4) is 22.3 Å². The van der Waals surface area contributed by atoms with Gasteiger partial charge in [0.25, 0.3) is 0 Å². The molecule has 0 fully saturated rings. The molecule has 0 atom stereocenters. The molecule has 0 aliphatic carbocycles. The first-order chi connectivity index (χ1) is 22.1. The van der Waals surface area contributed by atoms with Crippen molar-refractivity contribution in [3.05, 3.63) is 193 Å².